The maximum absolute atomic E-state index is 10.5. The molecule has 98 valence electrons. The molecule has 1 saturated carbocycles. The maximum Gasteiger partial charge on any atom is 0.295 e. The zero-order valence-corrected chi connectivity index (χ0v) is 8.98. The third-order valence-electron chi connectivity index (χ3n) is 2.85. The second-order valence-corrected chi connectivity index (χ2v) is 3.86. The lowest BCUT2D eigenvalue weighted by molar-refractivity contribution is -0.812. The molecule has 10 nitrogen and oxygen atoms in total. The minimum Gasteiger partial charge on any atom is -0.314 e. The van der Waals surface area contributed by atoms with E-state index in [9.17, 15) is 20.2 Å². The molecule has 0 radical (unpaired) electrons. The molecule has 0 heterocycles. The van der Waals surface area contributed by atoms with E-state index in [-0.39, 0.29) is 12.8 Å². The fourth-order valence-corrected chi connectivity index (χ4v) is 2.07. The van der Waals surface area contributed by atoms with Crippen LogP contribution >= 0.6 is 0 Å². The van der Waals surface area contributed by atoms with Crippen LogP contribution in [0.1, 0.15) is 25.7 Å². The summed E-state index contributed by atoms with van der Waals surface area (Å²) in [6.45, 7) is 0. The fraction of sp³-hybridized carbons (Fsp3) is 1.00. The van der Waals surface area contributed by atoms with Crippen molar-refractivity contribution in [2.75, 3.05) is 0 Å². The molecule has 1 rings (SSSR count). The molecule has 0 spiro atoms. The first kappa shape index (κ1) is 13.4. The summed E-state index contributed by atoms with van der Waals surface area (Å²) in [5, 5.41) is 18.7. The summed E-state index contributed by atoms with van der Waals surface area (Å²) < 4.78 is 0. The molecular weight excluding hydrogens is 236 g/mol. The standard InChI is InChI=1S/C7H14N4O6/c8-6(9)7(17-11(14)15)4-2-1-3-5(7)16-10(12)13/h5-6H,1-4,8-9H2. The highest BCUT2D eigenvalue weighted by molar-refractivity contribution is 4.97. The molecule has 2 atom stereocenters. The first-order valence-electron chi connectivity index (χ1n) is 5.04. The average Bonchev–Trinajstić information content (AvgIpc) is 2.19. The smallest absolute Gasteiger partial charge is 0.295 e. The van der Waals surface area contributed by atoms with Gasteiger partial charge in [-0.05, 0) is 12.8 Å². The number of nitrogens with two attached hydrogens (primary N) is 2. The van der Waals surface area contributed by atoms with E-state index in [4.69, 9.17) is 11.5 Å². The second kappa shape index (κ2) is 5.10. The van der Waals surface area contributed by atoms with Crippen molar-refractivity contribution in [3.63, 3.8) is 0 Å². The van der Waals surface area contributed by atoms with Crippen molar-refractivity contribution in [3.05, 3.63) is 20.2 Å². The first-order chi connectivity index (χ1) is 7.88. The van der Waals surface area contributed by atoms with Gasteiger partial charge >= 0.3 is 0 Å². The predicted octanol–water partition coefficient (Wildman–Crippen LogP) is -0.672. The Kier molecular flexibility index (Phi) is 4.02. The topological polar surface area (TPSA) is 157 Å². The van der Waals surface area contributed by atoms with Crippen molar-refractivity contribution in [2.45, 2.75) is 43.6 Å². The van der Waals surface area contributed by atoms with E-state index in [0.29, 0.717) is 12.8 Å². The highest BCUT2D eigenvalue weighted by atomic mass is 17.0. The molecule has 4 N–H and O–H groups in total. The van der Waals surface area contributed by atoms with Crippen molar-refractivity contribution in [2.24, 2.45) is 11.5 Å². The summed E-state index contributed by atoms with van der Waals surface area (Å²) in [4.78, 5) is 29.7. The van der Waals surface area contributed by atoms with Crippen LogP contribution < -0.4 is 11.5 Å². The second-order valence-electron chi connectivity index (χ2n) is 3.86. The van der Waals surface area contributed by atoms with Crippen LogP contribution in [0.2, 0.25) is 0 Å². The molecule has 1 aliphatic carbocycles. The lowest BCUT2D eigenvalue weighted by Crippen LogP contribution is -2.64. The van der Waals surface area contributed by atoms with Crippen molar-refractivity contribution in [1.29, 1.82) is 0 Å². The third-order valence-corrected chi connectivity index (χ3v) is 2.85. The molecule has 1 aliphatic rings. The Morgan fingerprint density at radius 2 is 1.88 bits per heavy atom. The van der Waals surface area contributed by atoms with Crippen LogP contribution in [-0.2, 0) is 9.68 Å². The summed E-state index contributed by atoms with van der Waals surface area (Å²) in [6.07, 6.45) is -0.774. The van der Waals surface area contributed by atoms with Crippen LogP contribution in [-0.4, -0.2) is 28.0 Å². The monoisotopic (exact) mass is 250 g/mol. The molecule has 17 heavy (non-hydrogen) atoms. The Morgan fingerprint density at radius 1 is 1.24 bits per heavy atom. The number of rotatable bonds is 5. The van der Waals surface area contributed by atoms with Crippen LogP contribution in [0.5, 0.6) is 0 Å². The molecule has 0 aromatic heterocycles. The third kappa shape index (κ3) is 2.91. The van der Waals surface area contributed by atoms with Crippen molar-refractivity contribution >= 4 is 0 Å². The normalized spacial score (nSPS) is 28.8. The largest absolute Gasteiger partial charge is 0.314 e. The van der Waals surface area contributed by atoms with E-state index in [0.717, 1.165) is 0 Å². The van der Waals surface area contributed by atoms with E-state index in [1.54, 1.807) is 0 Å². The van der Waals surface area contributed by atoms with Crippen LogP contribution in [0.15, 0.2) is 0 Å². The van der Waals surface area contributed by atoms with Crippen molar-refractivity contribution < 1.29 is 19.8 Å². The van der Waals surface area contributed by atoms with Gasteiger partial charge in [0.25, 0.3) is 10.2 Å². The zero-order chi connectivity index (χ0) is 13.1. The highest BCUT2D eigenvalue weighted by Crippen LogP contribution is 2.35. The van der Waals surface area contributed by atoms with Crippen LogP contribution in [0, 0.1) is 20.2 Å². The molecule has 1 fully saturated rings. The number of hydrogen-bond acceptors (Lipinski definition) is 8. The van der Waals surface area contributed by atoms with Gasteiger partial charge in [-0.25, -0.2) is 0 Å². The van der Waals surface area contributed by atoms with Gasteiger partial charge in [0, 0.05) is 0 Å². The fourth-order valence-electron chi connectivity index (χ4n) is 2.07. The van der Waals surface area contributed by atoms with Gasteiger partial charge in [-0.1, -0.05) is 12.8 Å². The van der Waals surface area contributed by atoms with Gasteiger partial charge in [0.05, 0.1) is 6.17 Å². The molecular formula is C7H14N4O6. The Balaban J connectivity index is 2.95. The molecule has 0 saturated heterocycles. The molecule has 2 unspecified atom stereocenters. The molecule has 0 aliphatic heterocycles. The Morgan fingerprint density at radius 3 is 2.35 bits per heavy atom. The van der Waals surface area contributed by atoms with Gasteiger partial charge in [0.15, 0.2) is 5.60 Å². The first-order valence-corrected chi connectivity index (χ1v) is 5.04. The van der Waals surface area contributed by atoms with Crippen LogP contribution in [0.3, 0.4) is 0 Å². The minimum atomic E-state index is -1.66. The van der Waals surface area contributed by atoms with Gasteiger partial charge in [-0.2, -0.15) is 0 Å². The molecule has 0 aromatic carbocycles. The molecule has 0 bridgehead atoms. The van der Waals surface area contributed by atoms with Gasteiger partial charge in [0.1, 0.15) is 6.10 Å². The summed E-state index contributed by atoms with van der Waals surface area (Å²) in [6, 6.07) is 0. The number of nitrogens with zero attached hydrogens (tertiary/aromatic N) is 2. The van der Waals surface area contributed by atoms with Crippen LogP contribution in [0.25, 0.3) is 0 Å². The Hall–Kier alpha value is -1.68. The predicted molar refractivity (Wildman–Crippen MR) is 53.3 cm³/mol. The maximum atomic E-state index is 10.5. The average molecular weight is 250 g/mol. The SMILES string of the molecule is NC(N)C1(O[N+](=O)[O-])CCCCC1O[N+](=O)[O-]. The quantitative estimate of drug-likeness (QED) is 0.369. The lowest BCUT2D eigenvalue weighted by atomic mass is 9.80. The zero-order valence-electron chi connectivity index (χ0n) is 8.98. The van der Waals surface area contributed by atoms with Gasteiger partial charge < -0.3 is 21.1 Å². The van der Waals surface area contributed by atoms with Gasteiger partial charge in [-0.15, -0.1) is 20.2 Å². The van der Waals surface area contributed by atoms with Crippen molar-refractivity contribution in [1.82, 2.24) is 0 Å². The van der Waals surface area contributed by atoms with E-state index in [1.165, 1.54) is 0 Å². The number of hydrogen-bond donors (Lipinski definition) is 2. The van der Waals surface area contributed by atoms with E-state index >= 15 is 0 Å². The van der Waals surface area contributed by atoms with Gasteiger partial charge in [-0.3, -0.25) is 0 Å². The lowest BCUT2D eigenvalue weighted by Gasteiger charge is -2.42. The summed E-state index contributed by atoms with van der Waals surface area (Å²) >= 11 is 0. The van der Waals surface area contributed by atoms with Crippen molar-refractivity contribution in [3.8, 4) is 0 Å². The summed E-state index contributed by atoms with van der Waals surface area (Å²) in [5.74, 6) is 0. The van der Waals surface area contributed by atoms with E-state index in [1.807, 2.05) is 0 Å². The Bertz CT molecular complexity index is 311. The summed E-state index contributed by atoms with van der Waals surface area (Å²) in [5.41, 5.74) is 9.27. The minimum absolute atomic E-state index is 0.143. The molecule has 10 heteroatoms. The van der Waals surface area contributed by atoms with Gasteiger partial charge in [0.2, 0.25) is 0 Å². The molecule has 0 amide bonds. The van der Waals surface area contributed by atoms with E-state index < -0.39 is 28.0 Å². The Labute approximate surface area is 96.0 Å². The van der Waals surface area contributed by atoms with Crippen LogP contribution in [0.4, 0.5) is 0 Å². The summed E-state index contributed by atoms with van der Waals surface area (Å²) in [7, 11) is 0. The molecule has 0 aromatic rings. The highest BCUT2D eigenvalue weighted by Gasteiger charge is 2.50. The van der Waals surface area contributed by atoms with E-state index in [2.05, 4.69) is 9.68 Å².